The molecular formula is C16H22N2O2S. The van der Waals surface area contributed by atoms with Crippen LogP contribution in [0.5, 0.6) is 0 Å². The lowest BCUT2D eigenvalue weighted by Crippen LogP contribution is -2.54. The van der Waals surface area contributed by atoms with E-state index in [1.54, 1.807) is 25.6 Å². The average molecular weight is 306 g/mol. The van der Waals surface area contributed by atoms with E-state index in [0.29, 0.717) is 13.0 Å². The number of nitrogens with one attached hydrogen (secondary N) is 1. The van der Waals surface area contributed by atoms with E-state index < -0.39 is 5.54 Å². The van der Waals surface area contributed by atoms with Gasteiger partial charge >= 0.3 is 0 Å². The van der Waals surface area contributed by atoms with Crippen molar-refractivity contribution in [1.82, 2.24) is 10.2 Å². The van der Waals surface area contributed by atoms with Gasteiger partial charge in [-0.05, 0) is 32.9 Å². The van der Waals surface area contributed by atoms with Crippen LogP contribution in [0.4, 0.5) is 0 Å². The van der Waals surface area contributed by atoms with Crippen LogP contribution in [0.3, 0.4) is 0 Å². The minimum Gasteiger partial charge on any atom is -0.342 e. The van der Waals surface area contributed by atoms with Gasteiger partial charge in [0.15, 0.2) is 0 Å². The van der Waals surface area contributed by atoms with Gasteiger partial charge in [0.25, 0.3) is 0 Å². The fraction of sp³-hybridized carbons (Fsp3) is 0.500. The van der Waals surface area contributed by atoms with Crippen LogP contribution in [0.1, 0.15) is 27.2 Å². The van der Waals surface area contributed by atoms with E-state index in [2.05, 4.69) is 17.4 Å². The summed E-state index contributed by atoms with van der Waals surface area (Å²) in [4.78, 5) is 27.4. The molecule has 21 heavy (non-hydrogen) atoms. The summed E-state index contributed by atoms with van der Waals surface area (Å²) in [6.45, 7) is 6.12. The van der Waals surface area contributed by atoms with Crippen molar-refractivity contribution in [2.24, 2.45) is 0 Å². The summed E-state index contributed by atoms with van der Waals surface area (Å²) in [6.07, 6.45) is 0.366. The van der Waals surface area contributed by atoms with Gasteiger partial charge in [-0.25, -0.2) is 0 Å². The highest BCUT2D eigenvalue weighted by atomic mass is 32.2. The third kappa shape index (κ3) is 4.00. The minimum absolute atomic E-state index is 0.00508. The van der Waals surface area contributed by atoms with Crippen LogP contribution in [0, 0.1) is 0 Å². The first kappa shape index (κ1) is 15.9. The maximum absolute atomic E-state index is 12.6. The molecule has 1 fully saturated rings. The van der Waals surface area contributed by atoms with Crippen molar-refractivity contribution in [3.8, 4) is 0 Å². The van der Waals surface area contributed by atoms with Crippen LogP contribution >= 0.6 is 11.8 Å². The molecule has 0 saturated carbocycles. The predicted molar refractivity (Wildman–Crippen MR) is 85.2 cm³/mol. The molecule has 0 bridgehead atoms. The van der Waals surface area contributed by atoms with Gasteiger partial charge in [0, 0.05) is 29.7 Å². The highest BCUT2D eigenvalue weighted by molar-refractivity contribution is 7.99. The van der Waals surface area contributed by atoms with Crippen LogP contribution in [0.25, 0.3) is 0 Å². The van der Waals surface area contributed by atoms with Gasteiger partial charge in [-0.15, -0.1) is 11.8 Å². The molecule has 0 radical (unpaired) electrons. The molecule has 1 N–H and O–H groups in total. The van der Waals surface area contributed by atoms with Crippen molar-refractivity contribution >= 4 is 23.6 Å². The smallest absolute Gasteiger partial charge is 0.248 e. The molecule has 1 aliphatic heterocycles. The third-order valence-corrected chi connectivity index (χ3v) is 4.60. The number of thioether (sulfide) groups is 1. The molecule has 114 valence electrons. The molecule has 2 rings (SSSR count). The SMILES string of the molecule is CC1CC(=O)NC(C)(C)C(=O)N1CCSc1ccccc1. The summed E-state index contributed by atoms with van der Waals surface area (Å²) >= 11 is 1.73. The van der Waals surface area contributed by atoms with Crippen LogP contribution < -0.4 is 5.32 Å². The molecule has 1 aromatic carbocycles. The molecule has 2 amide bonds. The molecule has 5 heteroatoms. The number of carbonyl (C=O) groups is 2. The Morgan fingerprint density at radius 1 is 1.29 bits per heavy atom. The largest absolute Gasteiger partial charge is 0.342 e. The molecular weight excluding hydrogens is 284 g/mol. The van der Waals surface area contributed by atoms with Crippen LogP contribution in [0.15, 0.2) is 35.2 Å². The number of rotatable bonds is 4. The second-order valence-corrected chi connectivity index (χ2v) is 7.05. The highest BCUT2D eigenvalue weighted by Crippen LogP contribution is 2.21. The highest BCUT2D eigenvalue weighted by Gasteiger charge is 2.39. The second kappa shape index (κ2) is 6.52. The van der Waals surface area contributed by atoms with Crippen molar-refractivity contribution in [3.05, 3.63) is 30.3 Å². The van der Waals surface area contributed by atoms with Crippen molar-refractivity contribution < 1.29 is 9.59 Å². The first-order valence-corrected chi connectivity index (χ1v) is 8.18. The van der Waals surface area contributed by atoms with Gasteiger partial charge in [-0.3, -0.25) is 9.59 Å². The number of hydrogen-bond acceptors (Lipinski definition) is 3. The van der Waals surface area contributed by atoms with E-state index in [4.69, 9.17) is 0 Å². The lowest BCUT2D eigenvalue weighted by molar-refractivity contribution is -0.138. The topological polar surface area (TPSA) is 49.4 Å². The predicted octanol–water partition coefficient (Wildman–Crippen LogP) is 2.29. The fourth-order valence-electron chi connectivity index (χ4n) is 2.49. The fourth-order valence-corrected chi connectivity index (χ4v) is 3.36. The first-order chi connectivity index (χ1) is 9.90. The monoisotopic (exact) mass is 306 g/mol. The van der Waals surface area contributed by atoms with Crippen LogP contribution in [0.2, 0.25) is 0 Å². The standard InChI is InChI=1S/C16H22N2O2S/c1-12-11-14(19)17-16(2,3)15(20)18(12)9-10-21-13-7-5-4-6-8-13/h4-8,12H,9-11H2,1-3H3,(H,17,19). The number of amides is 2. The zero-order chi connectivity index (χ0) is 15.5. The zero-order valence-electron chi connectivity index (χ0n) is 12.8. The maximum Gasteiger partial charge on any atom is 0.248 e. The van der Waals surface area contributed by atoms with E-state index in [9.17, 15) is 9.59 Å². The summed E-state index contributed by atoms with van der Waals surface area (Å²) in [7, 11) is 0. The maximum atomic E-state index is 12.6. The van der Waals surface area contributed by atoms with Crippen molar-refractivity contribution in [2.75, 3.05) is 12.3 Å². The number of benzene rings is 1. The van der Waals surface area contributed by atoms with Crippen molar-refractivity contribution in [3.63, 3.8) is 0 Å². The Balaban J connectivity index is 1.99. The van der Waals surface area contributed by atoms with E-state index in [-0.39, 0.29) is 17.9 Å². The average Bonchev–Trinajstić information content (AvgIpc) is 2.49. The Morgan fingerprint density at radius 3 is 2.62 bits per heavy atom. The summed E-state index contributed by atoms with van der Waals surface area (Å²) < 4.78 is 0. The molecule has 1 atom stereocenters. The van der Waals surface area contributed by atoms with Gasteiger partial charge in [0.05, 0.1) is 0 Å². The molecule has 1 saturated heterocycles. The quantitative estimate of drug-likeness (QED) is 0.868. The molecule has 0 spiro atoms. The van der Waals surface area contributed by atoms with E-state index in [1.807, 2.05) is 30.0 Å². The Bertz CT molecular complexity index is 516. The summed E-state index contributed by atoms with van der Waals surface area (Å²) in [5.41, 5.74) is -0.820. The molecule has 0 aliphatic carbocycles. The van der Waals surface area contributed by atoms with E-state index in [0.717, 1.165) is 5.75 Å². The third-order valence-electron chi connectivity index (χ3n) is 3.60. The summed E-state index contributed by atoms with van der Waals surface area (Å²) in [5.74, 6) is 0.762. The summed E-state index contributed by atoms with van der Waals surface area (Å²) in [6, 6.07) is 10.1. The molecule has 0 aromatic heterocycles. The Kier molecular flexibility index (Phi) is 4.93. The Hall–Kier alpha value is -1.49. The minimum atomic E-state index is -0.820. The van der Waals surface area contributed by atoms with Gasteiger partial charge in [0.1, 0.15) is 5.54 Å². The number of nitrogens with zero attached hydrogens (tertiary/aromatic N) is 1. The summed E-state index contributed by atoms with van der Waals surface area (Å²) in [5, 5.41) is 2.80. The van der Waals surface area contributed by atoms with Gasteiger partial charge in [0.2, 0.25) is 11.8 Å². The van der Waals surface area contributed by atoms with Crippen molar-refractivity contribution in [1.29, 1.82) is 0 Å². The Labute approximate surface area is 130 Å². The first-order valence-electron chi connectivity index (χ1n) is 7.20. The molecule has 1 unspecified atom stereocenters. The Morgan fingerprint density at radius 2 is 1.95 bits per heavy atom. The lowest BCUT2D eigenvalue weighted by atomic mass is 10.0. The van der Waals surface area contributed by atoms with Crippen LogP contribution in [-0.4, -0.2) is 40.6 Å². The van der Waals surface area contributed by atoms with Crippen LogP contribution in [-0.2, 0) is 9.59 Å². The molecule has 1 aliphatic rings. The van der Waals surface area contributed by atoms with Gasteiger partial charge in [-0.1, -0.05) is 18.2 Å². The normalized spacial score (nSPS) is 21.9. The number of carbonyl (C=O) groups excluding carboxylic acids is 2. The van der Waals surface area contributed by atoms with Crippen molar-refractivity contribution in [2.45, 2.75) is 43.7 Å². The molecule has 1 aromatic rings. The lowest BCUT2D eigenvalue weighted by Gasteiger charge is -2.31. The second-order valence-electron chi connectivity index (χ2n) is 5.89. The molecule has 4 nitrogen and oxygen atoms in total. The van der Waals surface area contributed by atoms with Gasteiger partial charge in [-0.2, -0.15) is 0 Å². The zero-order valence-corrected chi connectivity index (χ0v) is 13.6. The number of hydrogen-bond donors (Lipinski definition) is 1. The van der Waals surface area contributed by atoms with E-state index >= 15 is 0 Å². The van der Waals surface area contributed by atoms with Gasteiger partial charge < -0.3 is 10.2 Å². The van der Waals surface area contributed by atoms with E-state index in [1.165, 1.54) is 4.90 Å². The molecule has 1 heterocycles.